The summed E-state index contributed by atoms with van der Waals surface area (Å²) in [4.78, 5) is 0. The van der Waals surface area contributed by atoms with Crippen LogP contribution >= 0.6 is 0 Å². The van der Waals surface area contributed by atoms with Crippen LogP contribution in [0.15, 0.2) is 12.1 Å². The van der Waals surface area contributed by atoms with Crippen LogP contribution in [0.2, 0.25) is 0 Å². The molecule has 1 aromatic rings. The van der Waals surface area contributed by atoms with Crippen molar-refractivity contribution in [3.05, 3.63) is 23.3 Å². The molecule has 6 heteroatoms. The maximum atomic E-state index is 5.47. The fourth-order valence-corrected chi connectivity index (χ4v) is 3.75. The summed E-state index contributed by atoms with van der Waals surface area (Å²) in [5, 5.41) is 0. The van der Waals surface area contributed by atoms with Crippen molar-refractivity contribution >= 4 is 8.80 Å². The molecule has 0 aliphatic heterocycles. The summed E-state index contributed by atoms with van der Waals surface area (Å²) < 4.78 is 27.1. The highest BCUT2D eigenvalue weighted by Crippen LogP contribution is 2.33. The van der Waals surface area contributed by atoms with Crippen molar-refractivity contribution in [2.45, 2.75) is 13.0 Å². The maximum absolute atomic E-state index is 5.47. The molecular formula is C13H22O5Si. The van der Waals surface area contributed by atoms with Gasteiger partial charge in [-0.1, -0.05) is 6.07 Å². The van der Waals surface area contributed by atoms with Crippen molar-refractivity contribution in [2.24, 2.45) is 0 Å². The molecule has 19 heavy (non-hydrogen) atoms. The van der Waals surface area contributed by atoms with Gasteiger partial charge in [0.05, 0.1) is 14.2 Å². The highest BCUT2D eigenvalue weighted by Gasteiger charge is 2.39. The average Bonchev–Trinajstić information content (AvgIpc) is 2.45. The van der Waals surface area contributed by atoms with Crippen molar-refractivity contribution in [1.82, 2.24) is 0 Å². The van der Waals surface area contributed by atoms with Gasteiger partial charge in [0, 0.05) is 32.9 Å². The minimum atomic E-state index is -2.68. The molecule has 0 spiro atoms. The first-order valence-corrected chi connectivity index (χ1v) is 7.86. The Labute approximate surface area is 115 Å². The number of benzene rings is 1. The largest absolute Gasteiger partial charge is 0.504 e. The summed E-state index contributed by atoms with van der Waals surface area (Å²) in [5.74, 6) is 1.57. The quantitative estimate of drug-likeness (QED) is 0.717. The molecule has 0 saturated carbocycles. The van der Waals surface area contributed by atoms with Crippen LogP contribution < -0.4 is 9.47 Å². The van der Waals surface area contributed by atoms with Gasteiger partial charge in [-0.3, -0.25) is 0 Å². The molecular weight excluding hydrogens is 264 g/mol. The number of rotatable bonds is 7. The molecule has 0 unspecified atom stereocenters. The standard InChI is InChI=1S/C13H22O5Si/c1-10-12(14-2)8-7-11(13(10)15-3)9-19(16-4,17-5)18-6/h7-8H,9H2,1-6H3. The van der Waals surface area contributed by atoms with E-state index in [0.717, 1.165) is 22.6 Å². The van der Waals surface area contributed by atoms with E-state index in [9.17, 15) is 0 Å². The monoisotopic (exact) mass is 286 g/mol. The van der Waals surface area contributed by atoms with E-state index in [1.807, 2.05) is 19.1 Å². The van der Waals surface area contributed by atoms with Gasteiger partial charge in [0.25, 0.3) is 0 Å². The third kappa shape index (κ3) is 3.27. The van der Waals surface area contributed by atoms with Gasteiger partial charge in [0.15, 0.2) is 0 Å². The van der Waals surface area contributed by atoms with Crippen LogP contribution in [0.5, 0.6) is 11.5 Å². The van der Waals surface area contributed by atoms with Crippen LogP contribution in [-0.2, 0) is 19.3 Å². The maximum Gasteiger partial charge on any atom is 0.504 e. The molecule has 0 saturated heterocycles. The predicted molar refractivity (Wildman–Crippen MR) is 74.8 cm³/mol. The summed E-state index contributed by atoms with van der Waals surface area (Å²) >= 11 is 0. The second-order valence-electron chi connectivity index (χ2n) is 4.06. The van der Waals surface area contributed by atoms with E-state index in [2.05, 4.69) is 0 Å². The minimum absolute atomic E-state index is 0.546. The molecule has 0 atom stereocenters. The normalized spacial score (nSPS) is 11.5. The molecule has 108 valence electrons. The van der Waals surface area contributed by atoms with Crippen LogP contribution in [0.25, 0.3) is 0 Å². The summed E-state index contributed by atoms with van der Waals surface area (Å²) in [6.45, 7) is 1.96. The Hall–Kier alpha value is -1.08. The first-order valence-electron chi connectivity index (χ1n) is 5.93. The molecule has 0 aromatic heterocycles. The molecule has 0 N–H and O–H groups in total. The van der Waals surface area contributed by atoms with Crippen molar-refractivity contribution in [3.8, 4) is 11.5 Å². The molecule has 0 radical (unpaired) electrons. The highest BCUT2D eigenvalue weighted by molar-refractivity contribution is 6.60. The van der Waals surface area contributed by atoms with E-state index < -0.39 is 8.80 Å². The van der Waals surface area contributed by atoms with Crippen LogP contribution in [-0.4, -0.2) is 44.4 Å². The predicted octanol–water partition coefficient (Wildman–Crippen LogP) is 1.97. The Balaban J connectivity index is 3.17. The smallest absolute Gasteiger partial charge is 0.496 e. The van der Waals surface area contributed by atoms with E-state index in [0.29, 0.717) is 6.04 Å². The highest BCUT2D eigenvalue weighted by atomic mass is 28.4. The first kappa shape index (κ1) is 16.0. The summed E-state index contributed by atoms with van der Waals surface area (Å²) in [7, 11) is 5.40. The second-order valence-corrected chi connectivity index (χ2v) is 7.00. The van der Waals surface area contributed by atoms with Crippen LogP contribution in [0.1, 0.15) is 11.1 Å². The van der Waals surface area contributed by atoms with Crippen LogP contribution in [0.4, 0.5) is 0 Å². The van der Waals surface area contributed by atoms with Gasteiger partial charge in [-0.2, -0.15) is 0 Å². The van der Waals surface area contributed by atoms with Crippen LogP contribution in [0.3, 0.4) is 0 Å². The van der Waals surface area contributed by atoms with E-state index in [1.54, 1.807) is 35.5 Å². The van der Waals surface area contributed by atoms with E-state index in [1.165, 1.54) is 0 Å². The number of hydrogen-bond donors (Lipinski definition) is 0. The SMILES string of the molecule is COc1ccc(C[Si](OC)(OC)OC)c(OC)c1C. The summed E-state index contributed by atoms with van der Waals surface area (Å²) in [5.41, 5.74) is 1.94. The fraction of sp³-hybridized carbons (Fsp3) is 0.538. The zero-order chi connectivity index (χ0) is 14.5. The lowest BCUT2D eigenvalue weighted by Crippen LogP contribution is -2.45. The zero-order valence-electron chi connectivity index (χ0n) is 12.4. The molecule has 5 nitrogen and oxygen atoms in total. The molecule has 0 bridgehead atoms. The topological polar surface area (TPSA) is 46.2 Å². The molecule has 1 rings (SSSR count). The van der Waals surface area contributed by atoms with Crippen LogP contribution in [0, 0.1) is 6.92 Å². The van der Waals surface area contributed by atoms with E-state index in [4.69, 9.17) is 22.8 Å². The molecule has 0 amide bonds. The molecule has 0 aliphatic carbocycles. The van der Waals surface area contributed by atoms with Gasteiger partial charge in [-0.25, -0.2) is 0 Å². The van der Waals surface area contributed by atoms with Gasteiger partial charge < -0.3 is 22.8 Å². The Bertz CT molecular complexity index is 409. The Kier molecular flexibility index (Phi) is 5.80. The van der Waals surface area contributed by atoms with Crippen molar-refractivity contribution in [3.63, 3.8) is 0 Å². The third-order valence-corrected chi connectivity index (χ3v) is 5.88. The molecule has 1 aromatic carbocycles. The Morgan fingerprint density at radius 2 is 1.47 bits per heavy atom. The van der Waals surface area contributed by atoms with E-state index in [-0.39, 0.29) is 0 Å². The third-order valence-electron chi connectivity index (χ3n) is 3.20. The summed E-state index contributed by atoms with van der Waals surface area (Å²) in [6, 6.07) is 4.40. The molecule has 0 aliphatic rings. The molecule has 0 heterocycles. The van der Waals surface area contributed by atoms with Gasteiger partial charge >= 0.3 is 8.80 Å². The minimum Gasteiger partial charge on any atom is -0.496 e. The first-order chi connectivity index (χ1) is 9.07. The van der Waals surface area contributed by atoms with Gasteiger partial charge in [0.1, 0.15) is 11.5 Å². The van der Waals surface area contributed by atoms with Gasteiger partial charge in [0.2, 0.25) is 0 Å². The second kappa shape index (κ2) is 6.90. The van der Waals surface area contributed by atoms with Gasteiger partial charge in [-0.05, 0) is 18.6 Å². The Morgan fingerprint density at radius 3 is 1.89 bits per heavy atom. The van der Waals surface area contributed by atoms with Gasteiger partial charge in [-0.15, -0.1) is 0 Å². The van der Waals surface area contributed by atoms with Crippen molar-refractivity contribution in [1.29, 1.82) is 0 Å². The van der Waals surface area contributed by atoms with E-state index >= 15 is 0 Å². The lowest BCUT2D eigenvalue weighted by atomic mass is 10.1. The summed E-state index contributed by atoms with van der Waals surface area (Å²) in [6.07, 6.45) is 0. The van der Waals surface area contributed by atoms with Crippen molar-refractivity contribution in [2.75, 3.05) is 35.5 Å². The lowest BCUT2D eigenvalue weighted by Gasteiger charge is -2.25. The average molecular weight is 286 g/mol. The van der Waals surface area contributed by atoms with Crippen molar-refractivity contribution < 1.29 is 22.8 Å². The zero-order valence-corrected chi connectivity index (χ0v) is 13.4. The number of methoxy groups -OCH3 is 2. The Morgan fingerprint density at radius 1 is 0.895 bits per heavy atom. The lowest BCUT2D eigenvalue weighted by molar-refractivity contribution is 0.122. The number of ether oxygens (including phenoxy) is 2. The number of hydrogen-bond acceptors (Lipinski definition) is 5. The molecule has 0 fully saturated rings. The fourth-order valence-electron chi connectivity index (χ4n) is 2.07.